The lowest BCUT2D eigenvalue weighted by Gasteiger charge is -2.00. The van der Waals surface area contributed by atoms with Crippen LogP contribution in [-0.4, -0.2) is 12.5 Å². The molecule has 1 amide bonds. The Morgan fingerprint density at radius 3 is 2.76 bits per heavy atom. The van der Waals surface area contributed by atoms with Crippen LogP contribution < -0.4 is 11.1 Å². The van der Waals surface area contributed by atoms with Crippen LogP contribution in [-0.2, 0) is 11.3 Å². The molecule has 0 aliphatic heterocycles. The van der Waals surface area contributed by atoms with E-state index >= 15 is 0 Å². The van der Waals surface area contributed by atoms with Gasteiger partial charge in [-0.05, 0) is 13.0 Å². The van der Waals surface area contributed by atoms with Gasteiger partial charge in [-0.3, -0.25) is 4.79 Å². The van der Waals surface area contributed by atoms with Crippen LogP contribution in [0.2, 0.25) is 0 Å². The van der Waals surface area contributed by atoms with E-state index in [0.717, 1.165) is 22.3 Å². The predicted molar refractivity (Wildman–Crippen MR) is 69.1 cm³/mol. The van der Waals surface area contributed by atoms with E-state index in [1.807, 2.05) is 31.2 Å². The minimum atomic E-state index is -0.181. The first kappa shape index (κ1) is 13.5. The summed E-state index contributed by atoms with van der Waals surface area (Å²) in [6.07, 6.45) is 0. The first-order valence-corrected chi connectivity index (χ1v) is 5.16. The van der Waals surface area contributed by atoms with Gasteiger partial charge in [0.1, 0.15) is 11.3 Å². The van der Waals surface area contributed by atoms with Crippen LogP contribution in [0.4, 0.5) is 0 Å². The Labute approximate surface area is 106 Å². The van der Waals surface area contributed by atoms with E-state index in [0.29, 0.717) is 6.54 Å². The summed E-state index contributed by atoms with van der Waals surface area (Å²) in [5, 5.41) is 3.78. The molecule has 0 aliphatic rings. The number of amides is 1. The Balaban J connectivity index is 0.00000144. The minimum Gasteiger partial charge on any atom is -0.459 e. The maximum absolute atomic E-state index is 11.0. The first-order valence-electron chi connectivity index (χ1n) is 5.16. The fraction of sp³-hybridized carbons (Fsp3) is 0.250. The molecule has 1 heterocycles. The van der Waals surface area contributed by atoms with Crippen LogP contribution in [0.3, 0.4) is 0 Å². The fourth-order valence-electron chi connectivity index (χ4n) is 1.64. The zero-order chi connectivity index (χ0) is 11.5. The van der Waals surface area contributed by atoms with Crippen molar-refractivity contribution in [3.8, 4) is 0 Å². The van der Waals surface area contributed by atoms with Crippen LogP contribution in [0.25, 0.3) is 11.0 Å². The molecule has 0 saturated carbocycles. The summed E-state index contributed by atoms with van der Waals surface area (Å²) < 4.78 is 5.64. The van der Waals surface area contributed by atoms with E-state index in [-0.39, 0.29) is 24.9 Å². The molecule has 1 aromatic heterocycles. The highest BCUT2D eigenvalue weighted by molar-refractivity contribution is 5.85. The quantitative estimate of drug-likeness (QED) is 0.877. The Kier molecular flexibility index (Phi) is 4.54. The lowest BCUT2D eigenvalue weighted by atomic mass is 10.1. The van der Waals surface area contributed by atoms with Crippen molar-refractivity contribution in [2.24, 2.45) is 5.73 Å². The van der Waals surface area contributed by atoms with Crippen LogP contribution in [0.1, 0.15) is 11.3 Å². The molecule has 92 valence electrons. The number of carbonyl (C=O) groups is 1. The summed E-state index contributed by atoms with van der Waals surface area (Å²) in [4.78, 5) is 11.0. The summed E-state index contributed by atoms with van der Waals surface area (Å²) in [6.45, 7) is 2.37. The highest BCUT2D eigenvalue weighted by atomic mass is 35.5. The average molecular weight is 255 g/mol. The molecule has 0 saturated heterocycles. The normalized spacial score (nSPS) is 10.0. The molecule has 3 N–H and O–H groups in total. The SMILES string of the molecule is Cc1c(CNC(=O)CN)oc2ccccc12.Cl. The maximum Gasteiger partial charge on any atom is 0.234 e. The van der Waals surface area contributed by atoms with Crippen molar-refractivity contribution >= 4 is 29.3 Å². The zero-order valence-electron chi connectivity index (χ0n) is 9.53. The van der Waals surface area contributed by atoms with Crippen molar-refractivity contribution in [1.82, 2.24) is 5.32 Å². The lowest BCUT2D eigenvalue weighted by molar-refractivity contribution is -0.119. The molecule has 17 heavy (non-hydrogen) atoms. The van der Waals surface area contributed by atoms with Gasteiger partial charge in [0.2, 0.25) is 5.91 Å². The molecular weight excluding hydrogens is 240 g/mol. The summed E-state index contributed by atoms with van der Waals surface area (Å²) in [7, 11) is 0. The van der Waals surface area contributed by atoms with Gasteiger partial charge in [-0.2, -0.15) is 0 Å². The summed E-state index contributed by atoms with van der Waals surface area (Å²) >= 11 is 0. The van der Waals surface area contributed by atoms with Gasteiger partial charge in [0.05, 0.1) is 13.1 Å². The number of hydrogen-bond donors (Lipinski definition) is 2. The van der Waals surface area contributed by atoms with Crippen molar-refractivity contribution < 1.29 is 9.21 Å². The predicted octanol–water partition coefficient (Wildman–Crippen LogP) is 1.74. The molecular formula is C12H15ClN2O2. The molecule has 0 aliphatic carbocycles. The van der Waals surface area contributed by atoms with Crippen molar-refractivity contribution in [3.05, 3.63) is 35.6 Å². The fourth-order valence-corrected chi connectivity index (χ4v) is 1.64. The number of nitrogens with two attached hydrogens (primary N) is 1. The van der Waals surface area contributed by atoms with E-state index in [1.165, 1.54) is 0 Å². The van der Waals surface area contributed by atoms with Gasteiger partial charge in [-0.15, -0.1) is 12.4 Å². The highest BCUT2D eigenvalue weighted by Crippen LogP contribution is 2.24. The molecule has 0 fully saturated rings. The van der Waals surface area contributed by atoms with Crippen molar-refractivity contribution in [3.63, 3.8) is 0 Å². The standard InChI is InChI=1S/C12H14N2O2.ClH/c1-8-9-4-2-3-5-10(9)16-11(8)7-14-12(15)6-13;/h2-5H,6-7,13H2,1H3,(H,14,15);1H. The number of para-hydroxylation sites is 1. The van der Waals surface area contributed by atoms with E-state index < -0.39 is 0 Å². The van der Waals surface area contributed by atoms with Gasteiger partial charge >= 0.3 is 0 Å². The number of fused-ring (bicyclic) bond motifs is 1. The second-order valence-corrected chi connectivity index (χ2v) is 3.63. The third kappa shape index (κ3) is 2.78. The molecule has 0 radical (unpaired) electrons. The van der Waals surface area contributed by atoms with Gasteiger partial charge in [0.25, 0.3) is 0 Å². The first-order chi connectivity index (χ1) is 7.72. The van der Waals surface area contributed by atoms with Crippen LogP contribution in [0.15, 0.2) is 28.7 Å². The van der Waals surface area contributed by atoms with Crippen molar-refractivity contribution in [2.75, 3.05) is 6.54 Å². The third-order valence-electron chi connectivity index (χ3n) is 2.57. The number of rotatable bonds is 3. The minimum absolute atomic E-state index is 0. The van der Waals surface area contributed by atoms with Gasteiger partial charge in [0, 0.05) is 10.9 Å². The van der Waals surface area contributed by atoms with Gasteiger partial charge < -0.3 is 15.5 Å². The number of benzene rings is 1. The Bertz CT molecular complexity index is 522. The monoisotopic (exact) mass is 254 g/mol. The van der Waals surface area contributed by atoms with E-state index in [4.69, 9.17) is 10.2 Å². The molecule has 0 unspecified atom stereocenters. The molecule has 2 rings (SSSR count). The molecule has 0 bridgehead atoms. The van der Waals surface area contributed by atoms with E-state index in [2.05, 4.69) is 5.32 Å². The maximum atomic E-state index is 11.0. The average Bonchev–Trinajstić information content (AvgIpc) is 2.64. The van der Waals surface area contributed by atoms with Gasteiger partial charge in [0.15, 0.2) is 0 Å². The largest absolute Gasteiger partial charge is 0.459 e. The lowest BCUT2D eigenvalue weighted by Crippen LogP contribution is -2.29. The molecule has 5 heteroatoms. The molecule has 0 atom stereocenters. The Hall–Kier alpha value is -1.52. The number of aryl methyl sites for hydroxylation is 1. The second kappa shape index (κ2) is 5.70. The Morgan fingerprint density at radius 2 is 2.12 bits per heavy atom. The number of halogens is 1. The third-order valence-corrected chi connectivity index (χ3v) is 2.57. The highest BCUT2D eigenvalue weighted by Gasteiger charge is 2.09. The summed E-state index contributed by atoms with van der Waals surface area (Å²) in [6, 6.07) is 7.81. The second-order valence-electron chi connectivity index (χ2n) is 3.63. The van der Waals surface area contributed by atoms with Crippen LogP contribution in [0.5, 0.6) is 0 Å². The topological polar surface area (TPSA) is 68.3 Å². The number of nitrogens with one attached hydrogen (secondary N) is 1. The van der Waals surface area contributed by atoms with Crippen molar-refractivity contribution in [1.29, 1.82) is 0 Å². The Morgan fingerprint density at radius 1 is 1.41 bits per heavy atom. The summed E-state index contributed by atoms with van der Waals surface area (Å²) in [5.41, 5.74) is 7.11. The van der Waals surface area contributed by atoms with Crippen molar-refractivity contribution in [2.45, 2.75) is 13.5 Å². The number of carbonyl (C=O) groups excluding carboxylic acids is 1. The number of hydrogen-bond acceptors (Lipinski definition) is 3. The number of furan rings is 1. The van der Waals surface area contributed by atoms with E-state index in [9.17, 15) is 4.79 Å². The smallest absolute Gasteiger partial charge is 0.234 e. The molecule has 0 spiro atoms. The van der Waals surface area contributed by atoms with Crippen LogP contribution >= 0.6 is 12.4 Å². The van der Waals surface area contributed by atoms with Gasteiger partial charge in [-0.1, -0.05) is 18.2 Å². The molecule has 1 aromatic carbocycles. The molecule has 4 nitrogen and oxygen atoms in total. The zero-order valence-corrected chi connectivity index (χ0v) is 10.3. The van der Waals surface area contributed by atoms with Gasteiger partial charge in [-0.25, -0.2) is 0 Å². The van der Waals surface area contributed by atoms with Crippen LogP contribution in [0, 0.1) is 6.92 Å². The molecule has 2 aromatic rings. The van der Waals surface area contributed by atoms with E-state index in [1.54, 1.807) is 0 Å². The summed E-state index contributed by atoms with van der Waals surface area (Å²) in [5.74, 6) is 0.600.